The van der Waals surface area contributed by atoms with Gasteiger partial charge in [-0.3, -0.25) is 57.5 Å². The van der Waals surface area contributed by atoms with Gasteiger partial charge in [-0.25, -0.2) is 24.5 Å². The van der Waals surface area contributed by atoms with E-state index < -0.39 is 60.1 Å². The van der Waals surface area contributed by atoms with Gasteiger partial charge >= 0.3 is 23.6 Å². The number of aromatic amines is 1. The summed E-state index contributed by atoms with van der Waals surface area (Å²) in [6.07, 6.45) is 23.0. The maximum absolute atomic E-state index is 13.2. The lowest BCUT2D eigenvalue weighted by molar-refractivity contribution is -0.160. The highest BCUT2D eigenvalue weighted by atomic mass is 16.6. The number of carbonyl (C=O) groups is 10. The number of anilines is 1. The molecule has 3 aromatic rings. The third-order valence-corrected chi connectivity index (χ3v) is 15.9. The molecule has 0 saturated heterocycles. The van der Waals surface area contributed by atoms with Crippen molar-refractivity contribution in [3.8, 4) is 0 Å². The van der Waals surface area contributed by atoms with Crippen molar-refractivity contribution in [3.05, 3.63) is 45.8 Å². The van der Waals surface area contributed by atoms with Crippen molar-refractivity contribution in [1.29, 1.82) is 0 Å². The van der Waals surface area contributed by atoms with Gasteiger partial charge in [0.05, 0.1) is 51.8 Å². The predicted molar refractivity (Wildman–Crippen MR) is 374 cm³/mol. The van der Waals surface area contributed by atoms with Gasteiger partial charge in [0, 0.05) is 111 Å². The van der Waals surface area contributed by atoms with Crippen molar-refractivity contribution in [2.45, 2.75) is 174 Å². The monoisotopic (exact) mass is 1410 g/mol. The first kappa shape index (κ1) is 85.9. The lowest BCUT2D eigenvalue weighted by atomic mass is 10.1. The van der Waals surface area contributed by atoms with Crippen molar-refractivity contribution in [2.75, 3.05) is 137 Å². The van der Waals surface area contributed by atoms with Crippen molar-refractivity contribution in [3.63, 3.8) is 0 Å². The molecule has 0 bridgehead atoms. The Morgan fingerprint density at radius 2 is 1.11 bits per heavy atom. The number of nitrogens with zero attached hydrogens (tertiary/aromatic N) is 8. The number of aliphatic hydroxyl groups is 1. The number of amides is 7. The fourth-order valence-corrected chi connectivity index (χ4v) is 10.4. The van der Waals surface area contributed by atoms with Crippen LogP contribution in [0.2, 0.25) is 0 Å². The van der Waals surface area contributed by atoms with Gasteiger partial charge < -0.3 is 87.8 Å². The van der Waals surface area contributed by atoms with E-state index in [4.69, 9.17) is 20.9 Å². The zero-order valence-corrected chi connectivity index (χ0v) is 58.9. The lowest BCUT2D eigenvalue weighted by Gasteiger charge is -2.25. The summed E-state index contributed by atoms with van der Waals surface area (Å²) in [5, 5.41) is 33.5. The second-order valence-corrected chi connectivity index (χ2v) is 24.5. The summed E-state index contributed by atoms with van der Waals surface area (Å²) in [4.78, 5) is 167. The minimum absolute atomic E-state index is 0.00347. The Hall–Kier alpha value is -8.31. The highest BCUT2D eigenvalue weighted by Gasteiger charge is 2.21. The van der Waals surface area contributed by atoms with Gasteiger partial charge in [0.2, 0.25) is 41.4 Å². The highest BCUT2D eigenvalue weighted by molar-refractivity contribution is 5.88. The third-order valence-electron chi connectivity index (χ3n) is 15.9. The van der Waals surface area contributed by atoms with Gasteiger partial charge in [-0.15, -0.1) is 0 Å². The molecule has 7 amide bonds. The average molecular weight is 1410 g/mol. The first-order chi connectivity index (χ1) is 48.3. The second-order valence-electron chi connectivity index (χ2n) is 24.5. The molecule has 3 rings (SSSR count). The summed E-state index contributed by atoms with van der Waals surface area (Å²) >= 11 is 0. The fourth-order valence-electron chi connectivity index (χ4n) is 10.4. The van der Waals surface area contributed by atoms with Gasteiger partial charge in [-0.05, 0) is 64.5 Å². The molecule has 34 nitrogen and oxygen atoms in total. The molecule has 1 unspecified atom stereocenters. The Balaban J connectivity index is 1.24. The van der Waals surface area contributed by atoms with Crippen LogP contribution >= 0.6 is 0 Å². The quantitative estimate of drug-likeness (QED) is 0.0180. The molecule has 562 valence electrons. The minimum atomic E-state index is -0.827. The number of nitrogen functional groups attached to an aromatic ring is 1. The van der Waals surface area contributed by atoms with E-state index in [1.165, 1.54) is 74.0 Å². The molecule has 0 aliphatic carbocycles. The van der Waals surface area contributed by atoms with E-state index in [9.17, 15) is 62.6 Å². The molecule has 0 aliphatic heterocycles. The molecular formula is C66H113N19O15. The number of nitrogens with two attached hydrogens (primary N) is 2. The van der Waals surface area contributed by atoms with E-state index in [2.05, 4.69) is 74.3 Å². The largest absolute Gasteiger partial charge is 0.466 e. The smallest absolute Gasteiger partial charge is 0.333 e. The molecule has 34 heteroatoms. The molecule has 3 heterocycles. The molecule has 0 aromatic carbocycles. The van der Waals surface area contributed by atoms with Gasteiger partial charge in [-0.2, -0.15) is 0 Å². The van der Waals surface area contributed by atoms with Crippen LogP contribution in [-0.2, 0) is 70.5 Å². The van der Waals surface area contributed by atoms with Crippen molar-refractivity contribution in [2.24, 2.45) is 5.73 Å². The van der Waals surface area contributed by atoms with Crippen molar-refractivity contribution in [1.82, 2.24) is 86.3 Å². The van der Waals surface area contributed by atoms with Gasteiger partial charge in [0.25, 0.3) is 5.56 Å². The number of rotatable bonds is 59. The fraction of sp³-hybridized carbons (Fsp3) is 0.712. The van der Waals surface area contributed by atoms with E-state index in [1.54, 1.807) is 0 Å². The first-order valence-electron chi connectivity index (χ1n) is 35.5. The summed E-state index contributed by atoms with van der Waals surface area (Å²) in [5.41, 5.74) is 10.6. The number of ether oxygens (including phenoxy) is 2. The van der Waals surface area contributed by atoms with Crippen LogP contribution in [0.3, 0.4) is 0 Å². The van der Waals surface area contributed by atoms with E-state index in [0.29, 0.717) is 76.1 Å². The highest BCUT2D eigenvalue weighted by Crippen LogP contribution is 2.16. The van der Waals surface area contributed by atoms with Crippen LogP contribution in [0, 0.1) is 0 Å². The van der Waals surface area contributed by atoms with Crippen LogP contribution in [0.5, 0.6) is 0 Å². The summed E-state index contributed by atoms with van der Waals surface area (Å²) in [7, 11) is 0. The number of aromatic nitrogens is 6. The van der Waals surface area contributed by atoms with E-state index >= 15 is 0 Å². The number of hydrogen-bond donors (Lipinski definition) is 12. The number of fused-ring (bicyclic) bond motifs is 1. The average Bonchev–Trinajstić information content (AvgIpc) is 1.66. The summed E-state index contributed by atoms with van der Waals surface area (Å²) in [5.74, 6) is -4.17. The Morgan fingerprint density at radius 1 is 0.570 bits per heavy atom. The number of H-pyrrole nitrogens is 1. The van der Waals surface area contributed by atoms with Gasteiger partial charge in [0.1, 0.15) is 24.9 Å². The summed E-state index contributed by atoms with van der Waals surface area (Å²) < 4.78 is 12.9. The van der Waals surface area contributed by atoms with E-state index in [1.807, 2.05) is 0 Å². The SMILES string of the molecule is CCCCCCCCCCCOC(=O)CCCCCN(CCCCCCCC(=O)OC(=O)Cn1cnc2c(N)ncnc21)CC(O)CCCCNC(=O)CNCCNC(=O)CNCCNC(=O)CNCCNC(=O)CN(CCNC(=O)CN(CCN)C(C)=O)C(=O)Cn1ccc(=O)[nH]c1=O. The molecule has 14 N–H and O–H groups in total. The Kier molecular flexibility index (Phi) is 46.0. The topological polar surface area (TPSA) is 466 Å². The van der Waals surface area contributed by atoms with Crippen LogP contribution in [0.1, 0.15) is 155 Å². The number of aliphatic hydroxyl groups excluding tert-OH is 1. The second kappa shape index (κ2) is 53.6. The first-order valence-corrected chi connectivity index (χ1v) is 35.5. The number of unbranched alkanes of at least 4 members (excludes halogenated alkanes) is 15. The third kappa shape index (κ3) is 41.3. The molecule has 0 spiro atoms. The zero-order valence-electron chi connectivity index (χ0n) is 58.9. The normalized spacial score (nSPS) is 11.4. The van der Waals surface area contributed by atoms with Crippen LogP contribution < -0.4 is 65.3 Å². The molecule has 3 aromatic heterocycles. The zero-order chi connectivity index (χ0) is 73.0. The molecule has 0 fully saturated rings. The number of carbonyl (C=O) groups excluding carboxylic acids is 10. The lowest BCUT2D eigenvalue weighted by Crippen LogP contribution is -2.48. The molecule has 100 heavy (non-hydrogen) atoms. The number of hydrogen-bond acceptors (Lipinski definition) is 24. The standard InChI is InChI=1S/C66H113N19O15/c1-3-4-5-6-7-8-9-13-21-40-99-60(95)23-16-14-20-36-81(35-19-12-10-11-15-24-61(96)100-62(97)48-85-50-79-63-64(68)77-49-78-65(63)85)44-52(87)22-17-18-27-72-54(89)41-69-28-31-73-55(90)42-70-29-32-74-56(91)43-71-30-33-75-58(93)46-83(59(94)47-84-37-25-53(88)80-66(84)98)39-34-76-57(92)45-82(38-26-67)51(2)86/h25,37,49-50,52,69-71,87H,3-24,26-36,38-48,67H2,1-2H3,(H,72,89)(H,73,90)(H,74,91)(H,75,93)(H,76,92)(H2,68,77,78)(H,80,88,98). The van der Waals surface area contributed by atoms with Crippen LogP contribution in [-0.4, -0.2) is 245 Å². The molecule has 1 atom stereocenters. The van der Waals surface area contributed by atoms with Gasteiger partial charge in [-0.1, -0.05) is 84.0 Å². The van der Waals surface area contributed by atoms with E-state index in [0.717, 1.165) is 92.6 Å². The van der Waals surface area contributed by atoms with Crippen molar-refractivity contribution >= 4 is 76.2 Å². The molecular weight excluding hydrogens is 1300 g/mol. The number of nitrogens with one attached hydrogen (secondary N) is 9. The number of imidazole rings is 1. The molecule has 0 radical (unpaired) electrons. The molecule has 0 saturated carbocycles. The predicted octanol–water partition coefficient (Wildman–Crippen LogP) is -1.18. The Labute approximate surface area is 585 Å². The van der Waals surface area contributed by atoms with Crippen LogP contribution in [0.4, 0.5) is 5.82 Å². The maximum Gasteiger partial charge on any atom is 0.333 e. The van der Waals surface area contributed by atoms with Crippen LogP contribution in [0.25, 0.3) is 11.2 Å². The van der Waals surface area contributed by atoms with E-state index in [-0.39, 0.29) is 127 Å². The number of esters is 3. The van der Waals surface area contributed by atoms with Crippen molar-refractivity contribution < 1.29 is 62.5 Å². The maximum atomic E-state index is 13.2. The van der Waals surface area contributed by atoms with Gasteiger partial charge in [0.15, 0.2) is 11.5 Å². The molecule has 0 aliphatic rings. The Morgan fingerprint density at radius 3 is 1.71 bits per heavy atom. The summed E-state index contributed by atoms with van der Waals surface area (Å²) in [6, 6.07) is 1.07. The summed E-state index contributed by atoms with van der Waals surface area (Å²) in [6.45, 7) is 6.54. The minimum Gasteiger partial charge on any atom is -0.466 e. The van der Waals surface area contributed by atoms with Crippen LogP contribution in [0.15, 0.2) is 34.5 Å². The Bertz CT molecular complexity index is 3040.